The van der Waals surface area contributed by atoms with Crippen LogP contribution in [0.4, 0.5) is 0 Å². The van der Waals surface area contributed by atoms with Crippen molar-refractivity contribution in [3.63, 3.8) is 0 Å². The number of hydrogen-bond donors (Lipinski definition) is 1. The van der Waals surface area contributed by atoms with E-state index in [-0.39, 0.29) is 25.7 Å². The Kier molecular flexibility index (Phi) is 21.9. The molecule has 0 aliphatic rings. The highest BCUT2D eigenvalue weighted by atomic mass is 31.2. The third-order valence-corrected chi connectivity index (χ3v) is 6.23. The largest absolute Gasteiger partial charge is 0.756 e. The van der Waals surface area contributed by atoms with Crippen molar-refractivity contribution in [1.82, 2.24) is 0 Å². The zero-order valence-corrected chi connectivity index (χ0v) is 26.2. The lowest BCUT2D eigenvalue weighted by molar-refractivity contribution is -0.870. The molecule has 1 N–H and O–H groups in total. The second kappa shape index (κ2) is 23.3. The molecule has 1 unspecified atom stereocenters. The molecule has 0 aliphatic carbocycles. The van der Waals surface area contributed by atoms with Crippen molar-refractivity contribution >= 4 is 19.8 Å². The van der Waals surface area contributed by atoms with Gasteiger partial charge in [-0.25, -0.2) is 0 Å². The van der Waals surface area contributed by atoms with Crippen LogP contribution in [0, 0.1) is 0 Å². The van der Waals surface area contributed by atoms with Gasteiger partial charge < -0.3 is 33.0 Å². The number of ether oxygens (including phenoxy) is 2. The zero-order chi connectivity index (χ0) is 31.0. The third-order valence-electron chi connectivity index (χ3n) is 5.27. The fraction of sp³-hybridized carbons (Fsp3) is 0.600. The maximum atomic E-state index is 12.2. The quantitative estimate of drug-likeness (QED) is 0.0448. The smallest absolute Gasteiger partial charge is 0.306 e. The summed E-state index contributed by atoms with van der Waals surface area (Å²) >= 11 is 0. The van der Waals surface area contributed by atoms with Crippen molar-refractivity contribution in [1.29, 1.82) is 0 Å². The van der Waals surface area contributed by atoms with Gasteiger partial charge in [0.25, 0.3) is 7.82 Å². The van der Waals surface area contributed by atoms with Crippen LogP contribution in [0.1, 0.15) is 58.8 Å². The second-order valence-electron chi connectivity index (χ2n) is 10.3. The first kappa shape index (κ1) is 38.7. The predicted molar refractivity (Wildman–Crippen MR) is 159 cm³/mol. The molecule has 0 aromatic carbocycles. The molecule has 0 amide bonds. The Hall–Kier alpha value is -2.33. The van der Waals surface area contributed by atoms with Gasteiger partial charge in [0.1, 0.15) is 19.8 Å². The van der Waals surface area contributed by atoms with Crippen molar-refractivity contribution in [3.8, 4) is 0 Å². The highest BCUT2D eigenvalue weighted by molar-refractivity contribution is 7.45. The lowest BCUT2D eigenvalue weighted by Gasteiger charge is -2.28. The average Bonchev–Trinajstić information content (AvgIpc) is 2.88. The topological polar surface area (TPSA) is 131 Å². The molecule has 3 atom stereocenters. The first-order valence-corrected chi connectivity index (χ1v) is 15.5. The van der Waals surface area contributed by atoms with Gasteiger partial charge in [0, 0.05) is 13.3 Å². The summed E-state index contributed by atoms with van der Waals surface area (Å²) in [7, 11) is 1.08. The van der Waals surface area contributed by atoms with Gasteiger partial charge in [0.15, 0.2) is 6.10 Å². The summed E-state index contributed by atoms with van der Waals surface area (Å²) in [5, 5.41) is 9.41. The van der Waals surface area contributed by atoms with Crippen LogP contribution in [-0.4, -0.2) is 81.2 Å². The minimum Gasteiger partial charge on any atom is -0.756 e. The SMILES string of the molecule is CC[C@@H](O)/C=C/C=C\C/C=C\C/C=C\C/C=C\CCCC(=O)O[C@H](COC(C)=O)COP(=O)([O-])OCC[N+](C)(C)C. The van der Waals surface area contributed by atoms with E-state index in [1.165, 1.54) is 6.92 Å². The van der Waals surface area contributed by atoms with Crippen LogP contribution < -0.4 is 4.89 Å². The zero-order valence-electron chi connectivity index (χ0n) is 25.3. The van der Waals surface area contributed by atoms with Crippen LogP contribution in [0.15, 0.2) is 60.8 Å². The van der Waals surface area contributed by atoms with Gasteiger partial charge in [0.2, 0.25) is 0 Å². The van der Waals surface area contributed by atoms with E-state index in [0.29, 0.717) is 30.3 Å². The summed E-state index contributed by atoms with van der Waals surface area (Å²) in [5.74, 6) is -1.13. The molecule has 0 rings (SSSR count). The Labute approximate surface area is 246 Å². The number of rotatable bonds is 23. The second-order valence-corrected chi connectivity index (χ2v) is 11.7. The maximum absolute atomic E-state index is 12.2. The normalized spacial score (nSPS) is 15.8. The summed E-state index contributed by atoms with van der Waals surface area (Å²) in [6.07, 6.45) is 23.0. The summed E-state index contributed by atoms with van der Waals surface area (Å²) in [4.78, 5) is 35.4. The highest BCUT2D eigenvalue weighted by Gasteiger charge is 2.21. The van der Waals surface area contributed by atoms with Crippen molar-refractivity contribution in [2.75, 3.05) is 47.5 Å². The predicted octanol–water partition coefficient (Wildman–Crippen LogP) is 4.56. The number of quaternary nitrogens is 1. The Morgan fingerprint density at radius 3 is 2.12 bits per heavy atom. The maximum Gasteiger partial charge on any atom is 0.306 e. The molecule has 0 radical (unpaired) electrons. The Balaban J connectivity index is 4.25. The van der Waals surface area contributed by atoms with Crippen LogP contribution >= 0.6 is 7.82 Å². The van der Waals surface area contributed by atoms with Gasteiger partial charge in [0.05, 0.1) is 33.9 Å². The average molecular weight is 600 g/mol. The third kappa shape index (κ3) is 27.6. The monoisotopic (exact) mass is 599 g/mol. The van der Waals surface area contributed by atoms with Crippen molar-refractivity contribution in [3.05, 3.63) is 60.8 Å². The van der Waals surface area contributed by atoms with E-state index in [9.17, 15) is 24.2 Å². The first-order valence-electron chi connectivity index (χ1n) is 14.0. The summed E-state index contributed by atoms with van der Waals surface area (Å²) in [6.45, 7) is 2.70. The highest BCUT2D eigenvalue weighted by Crippen LogP contribution is 2.38. The number of aliphatic hydroxyl groups excluding tert-OH is 1. The molecule has 0 aliphatic heterocycles. The van der Waals surface area contributed by atoms with Crippen LogP contribution in [0.5, 0.6) is 0 Å². The lowest BCUT2D eigenvalue weighted by atomic mass is 10.2. The number of nitrogens with zero attached hydrogens (tertiary/aromatic N) is 1. The van der Waals surface area contributed by atoms with Crippen molar-refractivity contribution in [2.24, 2.45) is 0 Å². The summed E-state index contributed by atoms with van der Waals surface area (Å²) in [6, 6.07) is 0. The van der Waals surface area contributed by atoms with E-state index >= 15 is 0 Å². The van der Waals surface area contributed by atoms with E-state index in [2.05, 4.69) is 24.3 Å². The van der Waals surface area contributed by atoms with Crippen molar-refractivity contribution in [2.45, 2.75) is 71.0 Å². The molecule has 0 saturated carbocycles. The lowest BCUT2D eigenvalue weighted by Crippen LogP contribution is -2.37. The molecule has 0 aromatic heterocycles. The number of phosphoric ester groups is 1. The van der Waals surface area contributed by atoms with E-state index in [1.807, 2.05) is 58.4 Å². The fourth-order valence-corrected chi connectivity index (χ4v) is 3.62. The number of hydrogen-bond acceptors (Lipinski definition) is 9. The number of phosphoric acid groups is 1. The number of allylic oxidation sites excluding steroid dienone is 9. The fourth-order valence-electron chi connectivity index (χ4n) is 2.89. The van der Waals surface area contributed by atoms with Crippen LogP contribution in [0.25, 0.3) is 0 Å². The molecule has 0 heterocycles. The molecule has 0 saturated heterocycles. The number of likely N-dealkylation sites (N-methyl/N-ethyl adjacent to an activating group) is 1. The van der Waals surface area contributed by atoms with Crippen molar-refractivity contribution < 1.29 is 47.2 Å². The van der Waals surface area contributed by atoms with E-state index < -0.39 is 32.5 Å². The Morgan fingerprint density at radius 1 is 0.927 bits per heavy atom. The van der Waals surface area contributed by atoms with Crippen LogP contribution in [-0.2, 0) is 32.7 Å². The molecule has 0 spiro atoms. The first-order chi connectivity index (χ1) is 19.3. The Morgan fingerprint density at radius 2 is 1.54 bits per heavy atom. The number of carbonyl (C=O) groups is 2. The minimum absolute atomic E-state index is 0.0537. The van der Waals surface area contributed by atoms with Crippen LogP contribution in [0.2, 0.25) is 0 Å². The molecule has 0 aromatic rings. The standard InChI is InChI=1S/C30H50NO9P/c1-6-28(33)21-19-17-15-13-11-9-7-8-10-12-14-16-18-20-22-30(34)40-29(25-37-27(2)32)26-39-41(35,36)38-24-23-31(3,4)5/h8-11,14-17,19,21,28-29,33H,6-7,12-13,18,20,22-26H2,1-5H3/b10-8-,11-9-,16-14-,17-15-,21-19+/t28-,29-/m1/s1. The van der Waals surface area contributed by atoms with Gasteiger partial charge in [-0.1, -0.05) is 67.7 Å². The molecule has 41 heavy (non-hydrogen) atoms. The molecule has 234 valence electrons. The number of aliphatic hydroxyl groups is 1. The van der Waals surface area contributed by atoms with E-state index in [0.717, 1.165) is 19.3 Å². The van der Waals surface area contributed by atoms with E-state index in [4.69, 9.17) is 18.5 Å². The summed E-state index contributed by atoms with van der Waals surface area (Å²) in [5.41, 5.74) is 0. The molecule has 0 fully saturated rings. The number of unbranched alkanes of at least 4 members (excludes halogenated alkanes) is 1. The van der Waals surface area contributed by atoms with Gasteiger partial charge in [-0.05, 0) is 38.5 Å². The van der Waals surface area contributed by atoms with Gasteiger partial charge >= 0.3 is 11.9 Å². The van der Waals surface area contributed by atoms with E-state index in [1.54, 1.807) is 6.08 Å². The molecule has 11 heteroatoms. The summed E-state index contributed by atoms with van der Waals surface area (Å²) < 4.78 is 32.3. The molecular formula is C30H50NO9P. The van der Waals surface area contributed by atoms with Gasteiger partial charge in [-0.2, -0.15) is 0 Å². The molecular weight excluding hydrogens is 549 g/mol. The number of esters is 2. The number of carbonyl (C=O) groups excluding carboxylic acids is 2. The van der Waals surface area contributed by atoms with Crippen LogP contribution in [0.3, 0.4) is 0 Å². The van der Waals surface area contributed by atoms with Gasteiger partial charge in [-0.3, -0.25) is 14.2 Å². The molecule has 10 nitrogen and oxygen atoms in total. The molecule has 0 bridgehead atoms. The van der Waals surface area contributed by atoms with Gasteiger partial charge in [-0.15, -0.1) is 0 Å². The Bertz CT molecular complexity index is 919. The minimum atomic E-state index is -4.60.